The topological polar surface area (TPSA) is 92.7 Å². The maximum atomic E-state index is 9.11. The van der Waals surface area contributed by atoms with Crippen LogP contribution in [0.5, 0.6) is 0 Å². The highest BCUT2D eigenvalue weighted by Crippen LogP contribution is 2.28. The molecule has 0 radical (unpaired) electrons. The van der Waals surface area contributed by atoms with Crippen molar-refractivity contribution in [3.05, 3.63) is 72.6 Å². The van der Waals surface area contributed by atoms with Gasteiger partial charge in [0.05, 0.1) is 23.3 Å². The van der Waals surface area contributed by atoms with Crippen molar-refractivity contribution in [2.45, 2.75) is 56.7 Å². The number of aromatic amines is 1. The van der Waals surface area contributed by atoms with E-state index in [9.17, 15) is 0 Å². The molecule has 37 heavy (non-hydrogen) atoms. The maximum Gasteiger partial charge on any atom is 0.126 e. The Balaban J connectivity index is 1.13. The lowest BCUT2D eigenvalue weighted by atomic mass is 9.89. The Morgan fingerprint density at radius 2 is 1.76 bits per heavy atom. The molecule has 3 atom stereocenters. The van der Waals surface area contributed by atoms with E-state index in [4.69, 9.17) is 5.26 Å². The summed E-state index contributed by atoms with van der Waals surface area (Å²) in [7, 11) is 0. The number of piperidine rings is 1. The van der Waals surface area contributed by atoms with E-state index in [1.54, 1.807) is 0 Å². The van der Waals surface area contributed by atoms with Crippen LogP contribution in [0.1, 0.15) is 44.1 Å². The number of H-pyrrole nitrogens is 1. The van der Waals surface area contributed by atoms with Crippen LogP contribution < -0.4 is 15.5 Å². The molecule has 0 amide bonds. The standard InChI is InChI=1S/C30H33N7/c31-18-21-7-11-26(12-8-21)37-15-3-4-25(20-37)34-27-5-1-2-6-28(27)35-30-17-23(13-14-32-30)22-9-10-24-19-33-36-29(24)16-22/h7-14,16-17,19,25,27-28,34H,1-6,15,20H2,(H,32,35)(H,33,36)/t25-,27+,28+/m0/s1. The van der Waals surface area contributed by atoms with Crippen LogP contribution in [0, 0.1) is 11.3 Å². The number of nitrogens with one attached hydrogen (secondary N) is 3. The lowest BCUT2D eigenvalue weighted by Crippen LogP contribution is -2.54. The van der Waals surface area contributed by atoms with Gasteiger partial charge in [-0.15, -0.1) is 0 Å². The van der Waals surface area contributed by atoms with Gasteiger partial charge in [0.1, 0.15) is 5.82 Å². The van der Waals surface area contributed by atoms with Crippen LogP contribution in [0.3, 0.4) is 0 Å². The minimum atomic E-state index is 0.358. The summed E-state index contributed by atoms with van der Waals surface area (Å²) in [6.07, 6.45) is 11.0. The highest BCUT2D eigenvalue weighted by atomic mass is 15.2. The van der Waals surface area contributed by atoms with Crippen LogP contribution in [-0.4, -0.2) is 46.4 Å². The Hall–Kier alpha value is -3.89. The first-order chi connectivity index (χ1) is 18.2. The van der Waals surface area contributed by atoms with Crippen LogP contribution in [0.15, 0.2) is 67.0 Å². The van der Waals surface area contributed by atoms with Crippen molar-refractivity contribution in [3.8, 4) is 17.2 Å². The lowest BCUT2D eigenvalue weighted by molar-refractivity contribution is 0.293. The number of fused-ring (bicyclic) bond motifs is 1. The maximum absolute atomic E-state index is 9.11. The summed E-state index contributed by atoms with van der Waals surface area (Å²) in [6.45, 7) is 2.07. The Labute approximate surface area is 217 Å². The van der Waals surface area contributed by atoms with E-state index in [-0.39, 0.29) is 0 Å². The van der Waals surface area contributed by atoms with E-state index in [0.29, 0.717) is 23.7 Å². The molecule has 4 aromatic rings. The number of hydrogen-bond acceptors (Lipinski definition) is 6. The molecule has 0 bridgehead atoms. The molecule has 1 aliphatic heterocycles. The first-order valence-corrected chi connectivity index (χ1v) is 13.4. The number of rotatable bonds is 6. The van der Waals surface area contributed by atoms with Gasteiger partial charge in [0, 0.05) is 48.5 Å². The Morgan fingerprint density at radius 3 is 2.62 bits per heavy atom. The van der Waals surface area contributed by atoms with Crippen LogP contribution >= 0.6 is 0 Å². The monoisotopic (exact) mass is 491 g/mol. The van der Waals surface area contributed by atoms with Crippen molar-refractivity contribution in [1.82, 2.24) is 20.5 Å². The molecular formula is C30H33N7. The second-order valence-electron chi connectivity index (χ2n) is 10.4. The van der Waals surface area contributed by atoms with Gasteiger partial charge in [0.15, 0.2) is 0 Å². The number of pyridine rings is 1. The van der Waals surface area contributed by atoms with Gasteiger partial charge in [-0.1, -0.05) is 25.0 Å². The molecule has 3 N–H and O–H groups in total. The zero-order valence-corrected chi connectivity index (χ0v) is 21.0. The smallest absolute Gasteiger partial charge is 0.126 e. The van der Waals surface area contributed by atoms with Gasteiger partial charge in [0.25, 0.3) is 0 Å². The number of nitriles is 1. The molecule has 0 unspecified atom stereocenters. The highest BCUT2D eigenvalue weighted by molar-refractivity contribution is 5.84. The quantitative estimate of drug-likeness (QED) is 0.331. The van der Waals surface area contributed by atoms with E-state index < -0.39 is 0 Å². The van der Waals surface area contributed by atoms with Gasteiger partial charge in [0.2, 0.25) is 0 Å². The predicted octanol–water partition coefficient (Wildman–Crippen LogP) is 5.48. The molecule has 7 nitrogen and oxygen atoms in total. The van der Waals surface area contributed by atoms with Crippen molar-refractivity contribution in [3.63, 3.8) is 0 Å². The molecule has 2 aromatic carbocycles. The van der Waals surface area contributed by atoms with Gasteiger partial charge in [-0.2, -0.15) is 10.4 Å². The number of hydrogen-bond donors (Lipinski definition) is 3. The minimum absolute atomic E-state index is 0.358. The first kappa shape index (κ1) is 23.5. The molecule has 3 heterocycles. The van der Waals surface area contributed by atoms with Crippen molar-refractivity contribution < 1.29 is 0 Å². The molecule has 1 saturated carbocycles. The van der Waals surface area contributed by atoms with Crippen molar-refractivity contribution in [2.24, 2.45) is 0 Å². The average molecular weight is 492 g/mol. The van der Waals surface area contributed by atoms with Crippen LogP contribution in [0.25, 0.3) is 22.0 Å². The second-order valence-corrected chi connectivity index (χ2v) is 10.4. The molecule has 1 saturated heterocycles. The van der Waals surface area contributed by atoms with E-state index in [1.165, 1.54) is 37.8 Å². The van der Waals surface area contributed by atoms with Crippen LogP contribution in [0.4, 0.5) is 11.5 Å². The third-order valence-corrected chi connectivity index (χ3v) is 7.87. The van der Waals surface area contributed by atoms with Gasteiger partial charge in [-0.3, -0.25) is 5.10 Å². The third-order valence-electron chi connectivity index (χ3n) is 7.87. The molecule has 7 heteroatoms. The van der Waals surface area contributed by atoms with Crippen LogP contribution in [0.2, 0.25) is 0 Å². The van der Waals surface area contributed by atoms with Crippen molar-refractivity contribution in [1.29, 1.82) is 5.26 Å². The summed E-state index contributed by atoms with van der Waals surface area (Å²) in [5, 5.41) is 25.2. The van der Waals surface area contributed by atoms with Gasteiger partial charge in [-0.05, 0) is 79.3 Å². The molecule has 1 aliphatic carbocycles. The lowest BCUT2D eigenvalue weighted by Gasteiger charge is -2.40. The number of benzene rings is 2. The highest BCUT2D eigenvalue weighted by Gasteiger charge is 2.29. The number of aromatic nitrogens is 3. The zero-order valence-electron chi connectivity index (χ0n) is 21.0. The van der Waals surface area contributed by atoms with E-state index in [1.807, 2.05) is 24.5 Å². The Kier molecular flexibility index (Phi) is 6.74. The number of anilines is 2. The fourth-order valence-electron chi connectivity index (χ4n) is 5.90. The summed E-state index contributed by atoms with van der Waals surface area (Å²) < 4.78 is 0. The Bertz CT molecular complexity index is 1390. The van der Waals surface area contributed by atoms with Gasteiger partial charge >= 0.3 is 0 Å². The van der Waals surface area contributed by atoms with E-state index >= 15 is 0 Å². The first-order valence-electron chi connectivity index (χ1n) is 13.4. The normalized spacial score (nSPS) is 22.0. The predicted molar refractivity (Wildman–Crippen MR) is 149 cm³/mol. The molecule has 6 rings (SSSR count). The Morgan fingerprint density at radius 1 is 0.919 bits per heavy atom. The summed E-state index contributed by atoms with van der Waals surface area (Å²) >= 11 is 0. The molecule has 0 spiro atoms. The number of nitrogens with zero attached hydrogens (tertiary/aromatic N) is 4. The molecular weight excluding hydrogens is 458 g/mol. The SMILES string of the molecule is N#Cc1ccc(N2CCC[C@H](N[C@@H]3CCCC[C@H]3Nc3cc(-c4ccc5cn[nH]c5c4)ccn3)C2)cc1. The largest absolute Gasteiger partial charge is 0.370 e. The molecule has 2 aromatic heterocycles. The van der Waals surface area contributed by atoms with E-state index in [2.05, 4.69) is 79.2 Å². The molecule has 188 valence electrons. The second kappa shape index (κ2) is 10.6. The average Bonchev–Trinajstić information content (AvgIpc) is 3.43. The van der Waals surface area contributed by atoms with Crippen LogP contribution in [-0.2, 0) is 0 Å². The summed E-state index contributed by atoms with van der Waals surface area (Å²) in [5.41, 5.74) is 5.28. The van der Waals surface area contributed by atoms with Crippen molar-refractivity contribution >= 4 is 22.4 Å². The van der Waals surface area contributed by atoms with Crippen molar-refractivity contribution in [2.75, 3.05) is 23.3 Å². The van der Waals surface area contributed by atoms with E-state index in [0.717, 1.165) is 47.4 Å². The third kappa shape index (κ3) is 5.30. The molecule has 2 aliphatic rings. The fourth-order valence-corrected chi connectivity index (χ4v) is 5.90. The minimum Gasteiger partial charge on any atom is -0.370 e. The summed E-state index contributed by atoms with van der Waals surface area (Å²) in [6, 6.07) is 22.1. The molecule has 2 fully saturated rings. The fraction of sp³-hybridized carbons (Fsp3) is 0.367. The van der Waals surface area contributed by atoms with Gasteiger partial charge < -0.3 is 15.5 Å². The summed E-state index contributed by atoms with van der Waals surface area (Å²) in [5.74, 6) is 0.934. The zero-order chi connectivity index (χ0) is 25.0. The van der Waals surface area contributed by atoms with Gasteiger partial charge in [-0.25, -0.2) is 4.98 Å². The summed E-state index contributed by atoms with van der Waals surface area (Å²) in [4.78, 5) is 7.12.